The first-order valence-electron chi connectivity index (χ1n) is 7.92. The minimum absolute atomic E-state index is 0.617. The van der Waals surface area contributed by atoms with Crippen LogP contribution in [0.3, 0.4) is 0 Å². The zero-order valence-corrected chi connectivity index (χ0v) is 13.1. The van der Waals surface area contributed by atoms with E-state index in [0.29, 0.717) is 39.6 Å². The summed E-state index contributed by atoms with van der Waals surface area (Å²) in [4.78, 5) is 0. The number of hydrogen-bond donors (Lipinski definition) is 1. The molecule has 0 aromatic rings. The van der Waals surface area contributed by atoms with E-state index in [4.69, 9.17) is 24.7 Å². The molecule has 0 aromatic heterocycles. The second-order valence-electron chi connectivity index (χ2n) is 4.65. The molecule has 122 valence electrons. The molecule has 2 N–H and O–H groups in total. The highest BCUT2D eigenvalue weighted by Crippen LogP contribution is 1.93. The van der Waals surface area contributed by atoms with Crippen LogP contribution in [-0.4, -0.2) is 59.4 Å². The Morgan fingerprint density at radius 3 is 1.45 bits per heavy atom. The summed E-state index contributed by atoms with van der Waals surface area (Å²) in [5.74, 6) is 0. The molecule has 0 spiro atoms. The lowest BCUT2D eigenvalue weighted by Gasteiger charge is -2.07. The van der Waals surface area contributed by atoms with Crippen LogP contribution in [0.2, 0.25) is 0 Å². The predicted octanol–water partition coefficient (Wildman–Crippen LogP) is 1.98. The standard InChI is InChI=1S/C15H33NO4/c1-2-3-8-17-10-12-19-14-15-20-13-11-18-9-6-4-5-7-16/h2-16H2,1H3. The summed E-state index contributed by atoms with van der Waals surface area (Å²) in [7, 11) is 0. The van der Waals surface area contributed by atoms with Crippen LogP contribution in [0.5, 0.6) is 0 Å². The molecule has 0 rings (SSSR count). The van der Waals surface area contributed by atoms with Crippen LogP contribution in [0.1, 0.15) is 39.0 Å². The Hall–Kier alpha value is -0.200. The van der Waals surface area contributed by atoms with Gasteiger partial charge in [0.05, 0.1) is 39.6 Å². The third kappa shape index (κ3) is 17.8. The third-order valence-corrected chi connectivity index (χ3v) is 2.75. The Bertz CT molecular complexity index is 152. The van der Waals surface area contributed by atoms with Crippen LogP contribution in [0.25, 0.3) is 0 Å². The Labute approximate surface area is 124 Å². The van der Waals surface area contributed by atoms with Gasteiger partial charge in [-0.2, -0.15) is 0 Å². The van der Waals surface area contributed by atoms with Crippen LogP contribution in [-0.2, 0) is 18.9 Å². The summed E-state index contributed by atoms with van der Waals surface area (Å²) in [6.07, 6.45) is 5.60. The maximum atomic E-state index is 5.44. The minimum Gasteiger partial charge on any atom is -0.379 e. The molecule has 0 amide bonds. The van der Waals surface area contributed by atoms with Gasteiger partial charge in [0.15, 0.2) is 0 Å². The highest BCUT2D eigenvalue weighted by atomic mass is 16.6. The predicted molar refractivity (Wildman–Crippen MR) is 81.1 cm³/mol. The van der Waals surface area contributed by atoms with Gasteiger partial charge >= 0.3 is 0 Å². The molecule has 5 heteroatoms. The van der Waals surface area contributed by atoms with Crippen molar-refractivity contribution < 1.29 is 18.9 Å². The molecule has 0 saturated carbocycles. The van der Waals surface area contributed by atoms with Crippen molar-refractivity contribution in [2.24, 2.45) is 5.73 Å². The molecule has 0 radical (unpaired) electrons. The van der Waals surface area contributed by atoms with E-state index in [-0.39, 0.29) is 0 Å². The molecule has 20 heavy (non-hydrogen) atoms. The average Bonchev–Trinajstić information content (AvgIpc) is 2.47. The summed E-state index contributed by atoms with van der Waals surface area (Å²) in [6, 6.07) is 0. The summed E-state index contributed by atoms with van der Waals surface area (Å²) in [5, 5.41) is 0. The summed E-state index contributed by atoms with van der Waals surface area (Å²) >= 11 is 0. The molecular formula is C15H33NO4. The molecule has 0 aliphatic carbocycles. The zero-order chi connectivity index (χ0) is 14.7. The fraction of sp³-hybridized carbons (Fsp3) is 1.00. The van der Waals surface area contributed by atoms with E-state index >= 15 is 0 Å². The highest BCUT2D eigenvalue weighted by molar-refractivity contribution is 4.41. The van der Waals surface area contributed by atoms with Crippen molar-refractivity contribution in [2.45, 2.75) is 39.0 Å². The van der Waals surface area contributed by atoms with Gasteiger partial charge < -0.3 is 24.7 Å². The topological polar surface area (TPSA) is 62.9 Å². The SMILES string of the molecule is CCCCOCCOCCOCCOCCCCCN. The lowest BCUT2D eigenvalue weighted by atomic mass is 10.2. The fourth-order valence-corrected chi connectivity index (χ4v) is 1.53. The van der Waals surface area contributed by atoms with Gasteiger partial charge in [-0.25, -0.2) is 0 Å². The quantitative estimate of drug-likeness (QED) is 0.415. The Morgan fingerprint density at radius 1 is 0.550 bits per heavy atom. The first-order chi connectivity index (χ1) is 9.91. The maximum absolute atomic E-state index is 5.44. The third-order valence-electron chi connectivity index (χ3n) is 2.75. The van der Waals surface area contributed by atoms with Gasteiger partial charge in [-0.3, -0.25) is 0 Å². The van der Waals surface area contributed by atoms with Gasteiger partial charge in [0.25, 0.3) is 0 Å². The van der Waals surface area contributed by atoms with Crippen molar-refractivity contribution in [1.29, 1.82) is 0 Å². The molecule has 0 bridgehead atoms. The van der Waals surface area contributed by atoms with E-state index in [0.717, 1.165) is 45.4 Å². The van der Waals surface area contributed by atoms with Gasteiger partial charge in [-0.05, 0) is 32.2 Å². The minimum atomic E-state index is 0.617. The smallest absolute Gasteiger partial charge is 0.0701 e. The van der Waals surface area contributed by atoms with E-state index in [2.05, 4.69) is 6.92 Å². The molecular weight excluding hydrogens is 258 g/mol. The average molecular weight is 291 g/mol. The molecule has 5 nitrogen and oxygen atoms in total. The number of unbranched alkanes of at least 4 members (excludes halogenated alkanes) is 3. The van der Waals surface area contributed by atoms with E-state index in [1.807, 2.05) is 0 Å². The van der Waals surface area contributed by atoms with Gasteiger partial charge in [0.2, 0.25) is 0 Å². The molecule has 0 fully saturated rings. The Balaban J connectivity index is 2.89. The second kappa shape index (κ2) is 18.8. The molecule has 0 aromatic carbocycles. The van der Waals surface area contributed by atoms with E-state index in [1.54, 1.807) is 0 Å². The van der Waals surface area contributed by atoms with Crippen LogP contribution in [0.4, 0.5) is 0 Å². The van der Waals surface area contributed by atoms with Gasteiger partial charge in [-0.1, -0.05) is 13.3 Å². The second-order valence-corrected chi connectivity index (χ2v) is 4.65. The Morgan fingerprint density at radius 2 is 1.00 bits per heavy atom. The summed E-state index contributed by atoms with van der Waals surface area (Å²) in [5.41, 5.74) is 5.41. The molecule has 0 atom stereocenters. The van der Waals surface area contributed by atoms with Crippen LogP contribution < -0.4 is 5.73 Å². The van der Waals surface area contributed by atoms with Crippen molar-refractivity contribution >= 4 is 0 Å². The first-order valence-corrected chi connectivity index (χ1v) is 7.92. The fourth-order valence-electron chi connectivity index (χ4n) is 1.53. The van der Waals surface area contributed by atoms with Crippen molar-refractivity contribution in [3.8, 4) is 0 Å². The molecule has 0 unspecified atom stereocenters. The number of ether oxygens (including phenoxy) is 4. The summed E-state index contributed by atoms with van der Waals surface area (Å²) in [6.45, 7) is 8.40. The van der Waals surface area contributed by atoms with Crippen LogP contribution in [0.15, 0.2) is 0 Å². The lowest BCUT2D eigenvalue weighted by molar-refractivity contribution is -0.00236. The number of nitrogens with two attached hydrogens (primary N) is 1. The molecule has 0 heterocycles. The number of rotatable bonds is 17. The monoisotopic (exact) mass is 291 g/mol. The summed E-state index contributed by atoms with van der Waals surface area (Å²) < 4.78 is 21.6. The Kier molecular flexibility index (Phi) is 18.6. The first kappa shape index (κ1) is 19.8. The highest BCUT2D eigenvalue weighted by Gasteiger charge is 1.93. The van der Waals surface area contributed by atoms with Crippen molar-refractivity contribution in [2.75, 3.05) is 59.4 Å². The van der Waals surface area contributed by atoms with Gasteiger partial charge in [-0.15, -0.1) is 0 Å². The van der Waals surface area contributed by atoms with Crippen LogP contribution in [0, 0.1) is 0 Å². The van der Waals surface area contributed by atoms with Gasteiger partial charge in [0.1, 0.15) is 0 Å². The van der Waals surface area contributed by atoms with Crippen molar-refractivity contribution in [3.63, 3.8) is 0 Å². The molecule has 0 saturated heterocycles. The molecule has 0 aliphatic heterocycles. The van der Waals surface area contributed by atoms with Crippen molar-refractivity contribution in [3.05, 3.63) is 0 Å². The lowest BCUT2D eigenvalue weighted by Crippen LogP contribution is -2.12. The zero-order valence-electron chi connectivity index (χ0n) is 13.1. The maximum Gasteiger partial charge on any atom is 0.0701 e. The van der Waals surface area contributed by atoms with E-state index in [9.17, 15) is 0 Å². The largest absolute Gasteiger partial charge is 0.379 e. The molecule has 0 aliphatic rings. The number of hydrogen-bond acceptors (Lipinski definition) is 5. The van der Waals surface area contributed by atoms with E-state index in [1.165, 1.54) is 6.42 Å². The van der Waals surface area contributed by atoms with E-state index < -0.39 is 0 Å². The van der Waals surface area contributed by atoms with Gasteiger partial charge in [0, 0.05) is 13.2 Å². The normalized spacial score (nSPS) is 11.1. The van der Waals surface area contributed by atoms with Crippen molar-refractivity contribution in [1.82, 2.24) is 0 Å². The van der Waals surface area contributed by atoms with Crippen LogP contribution >= 0.6 is 0 Å².